The molecule has 1 aliphatic rings. The zero-order valence-corrected chi connectivity index (χ0v) is 15.9. The number of rotatable bonds is 6. The molecule has 0 radical (unpaired) electrons. The van der Waals surface area contributed by atoms with Crippen LogP contribution in [-0.2, 0) is 0 Å². The molecule has 0 aromatic rings. The van der Waals surface area contributed by atoms with Gasteiger partial charge in [-0.3, -0.25) is 0 Å². The summed E-state index contributed by atoms with van der Waals surface area (Å²) in [5.74, 6) is 0. The standard InChI is InChI=1S/C6H14Si.2C4H9.Sn/c1-5-7(3,4)6-2;2*1-3-4-2;/h1-2,5-6H2,3-4H3;2*1,3-4H2,2H3;. The van der Waals surface area contributed by atoms with Gasteiger partial charge in [-0.25, -0.2) is 0 Å². The van der Waals surface area contributed by atoms with Crippen molar-refractivity contribution in [3.8, 4) is 0 Å². The summed E-state index contributed by atoms with van der Waals surface area (Å²) >= 11 is -1.57. The second-order valence-corrected chi connectivity index (χ2v) is 26.5. The summed E-state index contributed by atoms with van der Waals surface area (Å²) in [4.78, 5) is 0. The van der Waals surface area contributed by atoms with Gasteiger partial charge in [0.2, 0.25) is 0 Å². The Morgan fingerprint density at radius 2 is 1.31 bits per heavy atom. The Morgan fingerprint density at radius 1 is 0.875 bits per heavy atom. The van der Waals surface area contributed by atoms with E-state index in [1.165, 1.54) is 12.8 Å². The van der Waals surface area contributed by atoms with Crippen molar-refractivity contribution in [1.82, 2.24) is 0 Å². The minimum absolute atomic E-state index is 0.705. The average Bonchev–Trinajstić information content (AvgIpc) is 2.27. The molecule has 0 atom stereocenters. The normalized spacial score (nSPS) is 23.2. The van der Waals surface area contributed by atoms with E-state index in [0.717, 1.165) is 0 Å². The fourth-order valence-electron chi connectivity index (χ4n) is 3.19. The third-order valence-corrected chi connectivity index (χ3v) is 26.4. The van der Waals surface area contributed by atoms with Gasteiger partial charge in [-0.05, 0) is 0 Å². The first-order chi connectivity index (χ1) is 7.54. The summed E-state index contributed by atoms with van der Waals surface area (Å²) in [7, 11) is -0.705. The topological polar surface area (TPSA) is 0 Å². The molecule has 96 valence electrons. The van der Waals surface area contributed by atoms with E-state index in [0.29, 0.717) is 0 Å². The molecule has 2 heteroatoms. The van der Waals surface area contributed by atoms with Gasteiger partial charge in [0.1, 0.15) is 0 Å². The molecular formula is C14H32SiSn. The van der Waals surface area contributed by atoms with E-state index in [1.54, 1.807) is 42.7 Å². The molecule has 0 nitrogen and oxygen atoms in total. The summed E-state index contributed by atoms with van der Waals surface area (Å²) in [5.41, 5.74) is 0. The molecule has 0 amide bonds. The van der Waals surface area contributed by atoms with Crippen LogP contribution in [0.2, 0.25) is 42.9 Å². The van der Waals surface area contributed by atoms with Crippen LogP contribution in [0.5, 0.6) is 0 Å². The van der Waals surface area contributed by atoms with Crippen LogP contribution in [0.3, 0.4) is 0 Å². The van der Waals surface area contributed by atoms with Crippen LogP contribution in [0.4, 0.5) is 0 Å². The SMILES string of the molecule is CCC[CH2][Sn]1([CH2]CCC)[CH2]C[Si](C)(C)C[CH2]1. The Hall–Kier alpha value is 1.02. The predicted octanol–water partition coefficient (Wildman–Crippen LogP) is 5.76. The van der Waals surface area contributed by atoms with Gasteiger partial charge in [0.05, 0.1) is 0 Å². The van der Waals surface area contributed by atoms with Crippen molar-refractivity contribution in [3.63, 3.8) is 0 Å². The monoisotopic (exact) mass is 348 g/mol. The van der Waals surface area contributed by atoms with Gasteiger partial charge >= 0.3 is 109 Å². The Bertz CT molecular complexity index is 181. The van der Waals surface area contributed by atoms with E-state index in [1.807, 2.05) is 0 Å². The zero-order chi connectivity index (χ0) is 12.1. The van der Waals surface area contributed by atoms with Gasteiger partial charge in [0.25, 0.3) is 0 Å². The van der Waals surface area contributed by atoms with Gasteiger partial charge < -0.3 is 0 Å². The summed E-state index contributed by atoms with van der Waals surface area (Å²) in [6.07, 6.45) is 5.99. The van der Waals surface area contributed by atoms with Crippen molar-refractivity contribution in [3.05, 3.63) is 0 Å². The third kappa shape index (κ3) is 4.71. The van der Waals surface area contributed by atoms with Gasteiger partial charge in [-0.15, -0.1) is 0 Å². The van der Waals surface area contributed by atoms with Crippen LogP contribution in [0.15, 0.2) is 0 Å². The van der Waals surface area contributed by atoms with Crippen LogP contribution in [0.1, 0.15) is 39.5 Å². The maximum atomic E-state index is 2.63. The number of hydrogen-bond acceptors (Lipinski definition) is 0. The number of hydrogen-bond donors (Lipinski definition) is 0. The molecule has 0 bridgehead atoms. The Morgan fingerprint density at radius 3 is 1.69 bits per heavy atom. The summed E-state index contributed by atoms with van der Waals surface area (Å²) in [6.45, 7) is 10.0. The molecule has 0 aliphatic carbocycles. The molecule has 0 saturated carbocycles. The van der Waals surface area contributed by atoms with Crippen molar-refractivity contribution in [2.45, 2.75) is 82.5 Å². The van der Waals surface area contributed by atoms with Crippen molar-refractivity contribution in [1.29, 1.82) is 0 Å². The molecule has 1 saturated heterocycles. The minimum atomic E-state index is -1.57. The Kier molecular flexibility index (Phi) is 6.42. The fourth-order valence-corrected chi connectivity index (χ4v) is 37.1. The van der Waals surface area contributed by atoms with Gasteiger partial charge in [-0.1, -0.05) is 0 Å². The van der Waals surface area contributed by atoms with E-state index in [4.69, 9.17) is 0 Å². The molecule has 1 heterocycles. The van der Waals surface area contributed by atoms with E-state index in [2.05, 4.69) is 26.9 Å². The van der Waals surface area contributed by atoms with Crippen molar-refractivity contribution < 1.29 is 0 Å². The van der Waals surface area contributed by atoms with Crippen molar-refractivity contribution in [2.24, 2.45) is 0 Å². The van der Waals surface area contributed by atoms with Gasteiger partial charge in [0, 0.05) is 0 Å². The Labute approximate surface area is 108 Å². The zero-order valence-electron chi connectivity index (χ0n) is 12.1. The van der Waals surface area contributed by atoms with E-state index in [-0.39, 0.29) is 0 Å². The average molecular weight is 347 g/mol. The second kappa shape index (κ2) is 6.82. The summed E-state index contributed by atoms with van der Waals surface area (Å²) < 4.78 is 7.01. The molecule has 0 spiro atoms. The summed E-state index contributed by atoms with van der Waals surface area (Å²) in [6, 6.07) is 3.38. The molecular weight excluding hydrogens is 315 g/mol. The first kappa shape index (κ1) is 15.1. The van der Waals surface area contributed by atoms with Crippen LogP contribution in [-0.4, -0.2) is 26.5 Å². The molecule has 1 aliphatic heterocycles. The fraction of sp³-hybridized carbons (Fsp3) is 1.00. The van der Waals surface area contributed by atoms with Crippen LogP contribution >= 0.6 is 0 Å². The van der Waals surface area contributed by atoms with Crippen molar-refractivity contribution >= 4 is 26.5 Å². The molecule has 0 aromatic heterocycles. The van der Waals surface area contributed by atoms with Crippen LogP contribution in [0.25, 0.3) is 0 Å². The maximum absolute atomic E-state index is 2.63. The van der Waals surface area contributed by atoms with Crippen LogP contribution in [0, 0.1) is 0 Å². The predicted molar refractivity (Wildman–Crippen MR) is 81.9 cm³/mol. The van der Waals surface area contributed by atoms with Crippen LogP contribution < -0.4 is 0 Å². The molecule has 1 fully saturated rings. The first-order valence-electron chi connectivity index (χ1n) is 7.54. The third-order valence-electron chi connectivity index (χ3n) is 4.79. The second-order valence-electron chi connectivity index (χ2n) is 6.87. The van der Waals surface area contributed by atoms with Crippen molar-refractivity contribution in [2.75, 3.05) is 0 Å². The molecule has 0 N–H and O–H groups in total. The van der Waals surface area contributed by atoms with E-state index >= 15 is 0 Å². The molecule has 0 aromatic carbocycles. The molecule has 1 rings (SSSR count). The quantitative estimate of drug-likeness (QED) is 0.536. The van der Waals surface area contributed by atoms with E-state index in [9.17, 15) is 0 Å². The summed E-state index contributed by atoms with van der Waals surface area (Å²) in [5, 5.41) is 0. The number of unbranched alkanes of at least 4 members (excludes halogenated alkanes) is 2. The van der Waals surface area contributed by atoms with E-state index < -0.39 is 26.5 Å². The first-order valence-corrected chi connectivity index (χ1v) is 19.0. The van der Waals surface area contributed by atoms with Gasteiger partial charge in [0.15, 0.2) is 0 Å². The van der Waals surface area contributed by atoms with Gasteiger partial charge in [-0.2, -0.15) is 0 Å². The Balaban J connectivity index is 2.51. The molecule has 16 heavy (non-hydrogen) atoms. The molecule has 0 unspecified atom stereocenters.